The number of methoxy groups -OCH3 is 1. The number of ether oxygens (including phenoxy) is 1. The van der Waals surface area contributed by atoms with E-state index in [1.165, 1.54) is 18.2 Å². The maximum Gasteiger partial charge on any atom is 0.321 e. The lowest BCUT2D eigenvalue weighted by atomic mass is 9.85. The van der Waals surface area contributed by atoms with Crippen LogP contribution < -0.4 is 10.6 Å². The number of thioether (sulfide) groups is 1. The van der Waals surface area contributed by atoms with Crippen molar-refractivity contribution < 1.29 is 14.3 Å². The van der Waals surface area contributed by atoms with E-state index in [-0.39, 0.29) is 17.7 Å². The minimum absolute atomic E-state index is 0.0734. The molecule has 2 aromatic heterocycles. The van der Waals surface area contributed by atoms with E-state index >= 15 is 0 Å². The van der Waals surface area contributed by atoms with E-state index in [9.17, 15) is 9.59 Å². The number of carbonyl (C=O) groups is 2. The molecule has 2 N–H and O–H groups in total. The lowest BCUT2D eigenvalue weighted by Gasteiger charge is -2.31. The molecular formula is C20H28N6O3S. The number of hydrogen-bond acceptors (Lipinski definition) is 7. The zero-order chi connectivity index (χ0) is 21.3. The monoisotopic (exact) mass is 432 g/mol. The SMILES string of the molecule is COCCNC(=O)NC(=O)CSc1nnc(-c2cccnc2)n1C1CCCCC1C. The number of nitrogens with zero attached hydrogens (tertiary/aromatic N) is 4. The Labute approximate surface area is 180 Å². The molecule has 1 saturated carbocycles. The van der Waals surface area contributed by atoms with E-state index in [1.54, 1.807) is 19.5 Å². The maximum absolute atomic E-state index is 12.2. The van der Waals surface area contributed by atoms with Gasteiger partial charge in [-0.1, -0.05) is 31.5 Å². The molecule has 2 atom stereocenters. The minimum Gasteiger partial charge on any atom is -0.383 e. The highest BCUT2D eigenvalue weighted by molar-refractivity contribution is 7.99. The number of nitrogens with one attached hydrogen (secondary N) is 2. The van der Waals surface area contributed by atoms with Crippen LogP contribution in [0.2, 0.25) is 0 Å². The molecule has 162 valence electrons. The molecule has 0 aliphatic heterocycles. The Bertz CT molecular complexity index is 844. The van der Waals surface area contributed by atoms with Crippen molar-refractivity contribution in [1.82, 2.24) is 30.4 Å². The summed E-state index contributed by atoms with van der Waals surface area (Å²) in [6.45, 7) is 2.98. The molecule has 30 heavy (non-hydrogen) atoms. The third kappa shape index (κ3) is 5.79. The van der Waals surface area contributed by atoms with Gasteiger partial charge < -0.3 is 10.1 Å². The maximum atomic E-state index is 12.2. The second-order valence-electron chi connectivity index (χ2n) is 7.33. The molecule has 0 radical (unpaired) electrons. The molecule has 2 unspecified atom stereocenters. The Morgan fingerprint density at radius 2 is 2.13 bits per heavy atom. The second-order valence-corrected chi connectivity index (χ2v) is 8.28. The van der Waals surface area contributed by atoms with Gasteiger partial charge in [-0.05, 0) is 30.9 Å². The molecule has 2 heterocycles. The lowest BCUT2D eigenvalue weighted by molar-refractivity contribution is -0.117. The predicted octanol–water partition coefficient (Wildman–Crippen LogP) is 2.66. The van der Waals surface area contributed by atoms with Crippen LogP contribution in [-0.2, 0) is 9.53 Å². The fourth-order valence-electron chi connectivity index (χ4n) is 3.65. The van der Waals surface area contributed by atoms with Crippen molar-refractivity contribution in [2.24, 2.45) is 5.92 Å². The van der Waals surface area contributed by atoms with Gasteiger partial charge in [-0.2, -0.15) is 0 Å². The highest BCUT2D eigenvalue weighted by Gasteiger charge is 2.29. The summed E-state index contributed by atoms with van der Waals surface area (Å²) in [6.07, 6.45) is 8.09. The summed E-state index contributed by atoms with van der Waals surface area (Å²) in [5.74, 6) is 0.945. The molecule has 1 fully saturated rings. The number of amides is 3. The Kier molecular flexibility index (Phi) is 8.21. The van der Waals surface area contributed by atoms with E-state index in [2.05, 4.69) is 37.3 Å². The van der Waals surface area contributed by atoms with Gasteiger partial charge in [0.2, 0.25) is 5.91 Å². The van der Waals surface area contributed by atoms with Gasteiger partial charge in [0, 0.05) is 37.7 Å². The highest BCUT2D eigenvalue weighted by atomic mass is 32.2. The van der Waals surface area contributed by atoms with Crippen molar-refractivity contribution >= 4 is 23.7 Å². The predicted molar refractivity (Wildman–Crippen MR) is 114 cm³/mol. The second kappa shape index (κ2) is 11.1. The fraction of sp³-hybridized carbons (Fsp3) is 0.550. The third-order valence-electron chi connectivity index (χ3n) is 5.16. The van der Waals surface area contributed by atoms with Crippen LogP contribution in [0.25, 0.3) is 11.4 Å². The van der Waals surface area contributed by atoms with Crippen LogP contribution in [0.3, 0.4) is 0 Å². The number of hydrogen-bond donors (Lipinski definition) is 2. The third-order valence-corrected chi connectivity index (χ3v) is 6.10. The average Bonchev–Trinajstić information content (AvgIpc) is 3.17. The summed E-state index contributed by atoms with van der Waals surface area (Å²) < 4.78 is 7.02. The van der Waals surface area contributed by atoms with E-state index in [0.717, 1.165) is 30.7 Å². The van der Waals surface area contributed by atoms with E-state index in [0.29, 0.717) is 24.2 Å². The molecule has 1 aliphatic carbocycles. The van der Waals surface area contributed by atoms with Crippen molar-refractivity contribution in [3.05, 3.63) is 24.5 Å². The molecule has 3 amide bonds. The Balaban J connectivity index is 1.72. The van der Waals surface area contributed by atoms with E-state index < -0.39 is 6.03 Å². The number of aromatic nitrogens is 4. The number of carbonyl (C=O) groups excluding carboxylic acids is 2. The highest BCUT2D eigenvalue weighted by Crippen LogP contribution is 2.38. The molecule has 0 saturated heterocycles. The first-order valence-electron chi connectivity index (χ1n) is 10.1. The number of urea groups is 1. The molecule has 9 nitrogen and oxygen atoms in total. The molecular weight excluding hydrogens is 404 g/mol. The summed E-state index contributed by atoms with van der Waals surface area (Å²) in [6, 6.07) is 3.58. The molecule has 0 aromatic carbocycles. The number of imide groups is 1. The zero-order valence-electron chi connectivity index (χ0n) is 17.3. The molecule has 0 spiro atoms. The van der Waals surface area contributed by atoms with Crippen LogP contribution in [0.1, 0.15) is 38.6 Å². The number of rotatable bonds is 8. The first kappa shape index (κ1) is 22.2. The summed E-state index contributed by atoms with van der Waals surface area (Å²) in [5, 5.41) is 14.3. The van der Waals surface area contributed by atoms with Crippen LogP contribution in [0.15, 0.2) is 29.7 Å². The Morgan fingerprint density at radius 1 is 1.30 bits per heavy atom. The minimum atomic E-state index is -0.531. The van der Waals surface area contributed by atoms with Crippen molar-refractivity contribution in [1.29, 1.82) is 0 Å². The fourth-order valence-corrected chi connectivity index (χ4v) is 4.44. The van der Waals surface area contributed by atoms with Crippen molar-refractivity contribution in [2.45, 2.75) is 43.8 Å². The molecule has 10 heteroatoms. The van der Waals surface area contributed by atoms with Gasteiger partial charge in [0.25, 0.3) is 0 Å². The van der Waals surface area contributed by atoms with E-state index in [4.69, 9.17) is 4.74 Å². The summed E-state index contributed by atoms with van der Waals surface area (Å²) in [5.41, 5.74) is 0.900. The van der Waals surface area contributed by atoms with Gasteiger partial charge >= 0.3 is 6.03 Å². The summed E-state index contributed by atoms with van der Waals surface area (Å²) in [4.78, 5) is 28.1. The van der Waals surface area contributed by atoms with Gasteiger partial charge in [0.15, 0.2) is 11.0 Å². The lowest BCUT2D eigenvalue weighted by Crippen LogP contribution is -2.41. The quantitative estimate of drug-likeness (QED) is 0.487. The van der Waals surface area contributed by atoms with Gasteiger partial charge in [-0.25, -0.2) is 4.79 Å². The summed E-state index contributed by atoms with van der Waals surface area (Å²) >= 11 is 1.29. The molecule has 1 aliphatic rings. The number of pyridine rings is 1. The van der Waals surface area contributed by atoms with Gasteiger partial charge in [-0.3, -0.25) is 19.7 Å². The van der Waals surface area contributed by atoms with Crippen LogP contribution in [-0.4, -0.2) is 57.7 Å². The molecule has 2 aromatic rings. The van der Waals surface area contributed by atoms with Gasteiger partial charge in [-0.15, -0.1) is 10.2 Å². The largest absolute Gasteiger partial charge is 0.383 e. The summed E-state index contributed by atoms with van der Waals surface area (Å²) in [7, 11) is 1.55. The van der Waals surface area contributed by atoms with E-state index in [1.807, 2.05) is 12.1 Å². The molecule has 3 rings (SSSR count). The zero-order valence-corrected chi connectivity index (χ0v) is 18.2. The van der Waals surface area contributed by atoms with Crippen LogP contribution in [0.5, 0.6) is 0 Å². The standard InChI is InChI=1S/C20H28N6O3S/c1-14-6-3-4-8-16(14)26-18(15-7-5-9-21-12-15)24-25-20(26)30-13-17(27)23-19(28)22-10-11-29-2/h5,7,9,12,14,16H,3-4,6,8,10-11,13H2,1-2H3,(H2,22,23,27,28). The normalized spacial score (nSPS) is 18.7. The average molecular weight is 433 g/mol. The topological polar surface area (TPSA) is 111 Å². The first-order chi connectivity index (χ1) is 14.6. The molecule has 0 bridgehead atoms. The van der Waals surface area contributed by atoms with Gasteiger partial charge in [0.1, 0.15) is 0 Å². The first-order valence-corrected chi connectivity index (χ1v) is 11.1. The van der Waals surface area contributed by atoms with Gasteiger partial charge in [0.05, 0.1) is 12.4 Å². The van der Waals surface area contributed by atoms with Crippen LogP contribution in [0, 0.1) is 5.92 Å². The van der Waals surface area contributed by atoms with Crippen molar-refractivity contribution in [3.8, 4) is 11.4 Å². The van der Waals surface area contributed by atoms with Crippen LogP contribution >= 0.6 is 11.8 Å². The van der Waals surface area contributed by atoms with Crippen molar-refractivity contribution in [3.63, 3.8) is 0 Å². The smallest absolute Gasteiger partial charge is 0.321 e. The Hall–Kier alpha value is -2.46. The van der Waals surface area contributed by atoms with Crippen molar-refractivity contribution in [2.75, 3.05) is 26.0 Å². The Morgan fingerprint density at radius 3 is 2.87 bits per heavy atom. The van der Waals surface area contributed by atoms with Crippen LogP contribution in [0.4, 0.5) is 4.79 Å².